The Labute approximate surface area is 306 Å². The molecular weight excluding hydrogens is 650 g/mol. The predicted octanol–water partition coefficient (Wildman–Crippen LogP) is 8.55. The first-order chi connectivity index (χ1) is 24.4. The van der Waals surface area contributed by atoms with Gasteiger partial charge in [-0.2, -0.15) is 0 Å². The summed E-state index contributed by atoms with van der Waals surface area (Å²) in [5.41, 5.74) is 14.7. The normalized spacial score (nSPS) is 15.8. The van der Waals surface area contributed by atoms with Crippen LogP contribution in [0.25, 0.3) is 22.5 Å². The second-order valence-electron chi connectivity index (χ2n) is 13.1. The molecule has 5 aromatic carbocycles. The number of halogens is 1. The number of dihydropyridines is 1. The summed E-state index contributed by atoms with van der Waals surface area (Å²) in [5, 5.41) is 17.5. The molecule has 6 aromatic rings. The smallest absolute Gasteiger partial charge is 0.184 e. The van der Waals surface area contributed by atoms with E-state index in [-0.39, 0.29) is 12.4 Å². The van der Waals surface area contributed by atoms with E-state index in [1.807, 2.05) is 35.0 Å². The molecule has 3 N–H and O–H groups in total. The van der Waals surface area contributed by atoms with Crippen LogP contribution in [-0.2, 0) is 12.1 Å². The van der Waals surface area contributed by atoms with Gasteiger partial charge in [0.1, 0.15) is 11.2 Å². The molecule has 1 aromatic heterocycles. The molecule has 8 heteroatoms. The number of aromatic nitrogens is 4. The van der Waals surface area contributed by atoms with Gasteiger partial charge in [-0.15, -0.1) is 17.5 Å². The fraction of sp³-hybridized carbons (Fsp3) is 0.186. The van der Waals surface area contributed by atoms with E-state index in [4.69, 9.17) is 16.0 Å². The van der Waals surface area contributed by atoms with Crippen molar-refractivity contribution in [3.8, 4) is 22.5 Å². The highest BCUT2D eigenvalue weighted by atomic mass is 35.5. The van der Waals surface area contributed by atoms with Gasteiger partial charge in [-0.1, -0.05) is 146 Å². The van der Waals surface area contributed by atoms with Gasteiger partial charge in [0, 0.05) is 30.0 Å². The van der Waals surface area contributed by atoms with E-state index < -0.39 is 11.2 Å². The lowest BCUT2D eigenvalue weighted by atomic mass is 9.77. The molecule has 51 heavy (non-hydrogen) atoms. The van der Waals surface area contributed by atoms with Crippen molar-refractivity contribution in [2.45, 2.75) is 44.9 Å². The molecule has 1 aliphatic rings. The van der Waals surface area contributed by atoms with Crippen molar-refractivity contribution in [1.29, 1.82) is 0 Å². The maximum atomic E-state index is 6.57. The molecule has 1 aliphatic heterocycles. The molecule has 2 heterocycles. The van der Waals surface area contributed by atoms with Crippen LogP contribution in [0, 0.1) is 0 Å². The highest BCUT2D eigenvalue weighted by Gasteiger charge is 2.42. The van der Waals surface area contributed by atoms with Gasteiger partial charge in [0.05, 0.1) is 0 Å². The summed E-state index contributed by atoms with van der Waals surface area (Å²) in [7, 11) is 0. The van der Waals surface area contributed by atoms with Crippen LogP contribution < -0.4 is 11.1 Å². The predicted molar refractivity (Wildman–Crippen MR) is 209 cm³/mol. The number of benzene rings is 5. The largest absolute Gasteiger partial charge is 0.399 e. The Morgan fingerprint density at radius 3 is 1.80 bits per heavy atom. The minimum Gasteiger partial charge on any atom is -0.399 e. The molecule has 0 amide bonds. The minimum absolute atomic E-state index is 0. The van der Waals surface area contributed by atoms with Crippen LogP contribution in [0.5, 0.6) is 0 Å². The summed E-state index contributed by atoms with van der Waals surface area (Å²) in [6.45, 7) is 8.12. The standard InChI is InChI=1S/C43H43N7.ClH/c1-4-30-49(42(3)40(44)29-24-32(2)45-42)31-33-25-27-34(28-26-33)38-22-14-15-23-39(38)41-46-47-48-50(41)43(35-16-8-5-9-17-35,36-18-10-6-11-19-36)37-20-12-7-13-21-37;/h5-29,45H,4,30-31,44H2,1-3H3;1H. The Hall–Kier alpha value is -5.50. The second-order valence-corrected chi connectivity index (χ2v) is 13.1. The summed E-state index contributed by atoms with van der Waals surface area (Å²) < 4.78 is 2.00. The summed E-state index contributed by atoms with van der Waals surface area (Å²) in [6, 6.07) is 48.7. The summed E-state index contributed by atoms with van der Waals surface area (Å²) >= 11 is 0. The minimum atomic E-state index is -0.838. The lowest BCUT2D eigenvalue weighted by Crippen LogP contribution is -2.59. The molecule has 0 aliphatic carbocycles. The average Bonchev–Trinajstić information content (AvgIpc) is 3.65. The van der Waals surface area contributed by atoms with Crippen LogP contribution >= 0.6 is 12.4 Å². The van der Waals surface area contributed by atoms with E-state index in [9.17, 15) is 0 Å². The van der Waals surface area contributed by atoms with E-state index in [1.165, 1.54) is 5.56 Å². The number of tetrazole rings is 1. The summed E-state index contributed by atoms with van der Waals surface area (Å²) in [5.74, 6) is 0.678. The molecule has 7 nitrogen and oxygen atoms in total. The lowest BCUT2D eigenvalue weighted by molar-refractivity contribution is 0.100. The first kappa shape index (κ1) is 35.3. The Morgan fingerprint density at radius 1 is 0.725 bits per heavy atom. The number of hydrogen-bond acceptors (Lipinski definition) is 6. The maximum absolute atomic E-state index is 6.57. The van der Waals surface area contributed by atoms with Crippen molar-refractivity contribution in [2.24, 2.45) is 5.73 Å². The van der Waals surface area contributed by atoms with Crippen molar-refractivity contribution in [3.63, 3.8) is 0 Å². The zero-order valence-corrected chi connectivity index (χ0v) is 30.1. The van der Waals surface area contributed by atoms with E-state index in [0.717, 1.165) is 64.3 Å². The van der Waals surface area contributed by atoms with Crippen LogP contribution in [0.15, 0.2) is 163 Å². The lowest BCUT2D eigenvalue weighted by Gasteiger charge is -2.44. The molecular formula is C43H44ClN7. The van der Waals surface area contributed by atoms with E-state index >= 15 is 0 Å². The highest BCUT2D eigenvalue weighted by molar-refractivity contribution is 5.85. The monoisotopic (exact) mass is 693 g/mol. The van der Waals surface area contributed by atoms with Crippen molar-refractivity contribution in [1.82, 2.24) is 30.4 Å². The molecule has 0 bridgehead atoms. The van der Waals surface area contributed by atoms with Gasteiger partial charge in [0.25, 0.3) is 0 Å². The quantitative estimate of drug-likeness (QED) is 0.132. The number of hydrogen-bond donors (Lipinski definition) is 2. The first-order valence-electron chi connectivity index (χ1n) is 17.3. The third-order valence-corrected chi connectivity index (χ3v) is 9.81. The first-order valence-corrected chi connectivity index (χ1v) is 17.3. The van der Waals surface area contributed by atoms with E-state index in [0.29, 0.717) is 5.82 Å². The average molecular weight is 694 g/mol. The number of allylic oxidation sites excluding steroid dienone is 3. The fourth-order valence-corrected chi connectivity index (χ4v) is 7.29. The molecule has 0 spiro atoms. The van der Waals surface area contributed by atoms with Gasteiger partial charge in [-0.05, 0) is 76.2 Å². The Bertz CT molecular complexity index is 2010. The molecule has 0 radical (unpaired) electrons. The van der Waals surface area contributed by atoms with Gasteiger partial charge in [-0.25, -0.2) is 4.68 Å². The van der Waals surface area contributed by atoms with Crippen molar-refractivity contribution in [3.05, 3.63) is 185 Å². The second kappa shape index (κ2) is 15.2. The van der Waals surface area contributed by atoms with Crippen molar-refractivity contribution < 1.29 is 0 Å². The Kier molecular flexibility index (Phi) is 10.5. The molecule has 1 unspecified atom stereocenters. The maximum Gasteiger partial charge on any atom is 0.184 e. The van der Waals surface area contributed by atoms with Gasteiger partial charge in [0.15, 0.2) is 5.82 Å². The van der Waals surface area contributed by atoms with Crippen molar-refractivity contribution in [2.75, 3.05) is 6.54 Å². The number of nitrogens with one attached hydrogen (secondary N) is 1. The van der Waals surface area contributed by atoms with Gasteiger partial charge in [-0.3, -0.25) is 4.90 Å². The van der Waals surface area contributed by atoms with Gasteiger partial charge in [0.2, 0.25) is 0 Å². The van der Waals surface area contributed by atoms with E-state index in [1.54, 1.807) is 0 Å². The van der Waals surface area contributed by atoms with Crippen molar-refractivity contribution >= 4 is 12.4 Å². The van der Waals surface area contributed by atoms with Crippen LogP contribution in [0.1, 0.15) is 49.4 Å². The molecule has 0 saturated heterocycles. The molecule has 0 fully saturated rings. The Balaban J connectivity index is 0.00000448. The van der Waals surface area contributed by atoms with Crippen LogP contribution in [0.4, 0.5) is 0 Å². The molecule has 1 atom stereocenters. The zero-order valence-electron chi connectivity index (χ0n) is 29.3. The fourth-order valence-electron chi connectivity index (χ4n) is 7.29. The van der Waals surface area contributed by atoms with Crippen LogP contribution in [-0.4, -0.2) is 37.3 Å². The van der Waals surface area contributed by atoms with Gasteiger partial charge < -0.3 is 11.1 Å². The highest BCUT2D eigenvalue weighted by Crippen LogP contribution is 2.43. The SMILES string of the molecule is CCCN(Cc1ccc(-c2ccccc2-c2nnnn2C(c2ccccc2)(c2ccccc2)c2ccccc2)cc1)C1(C)NC(C)=CC=C1N.Cl. The summed E-state index contributed by atoms with van der Waals surface area (Å²) in [6.07, 6.45) is 5.07. The third kappa shape index (κ3) is 6.58. The summed E-state index contributed by atoms with van der Waals surface area (Å²) in [4.78, 5) is 2.42. The van der Waals surface area contributed by atoms with Gasteiger partial charge >= 0.3 is 0 Å². The molecule has 7 rings (SSSR count). The number of nitrogens with two attached hydrogens (primary N) is 1. The van der Waals surface area contributed by atoms with Crippen LogP contribution in [0.3, 0.4) is 0 Å². The van der Waals surface area contributed by atoms with E-state index in [2.05, 4.69) is 158 Å². The zero-order chi connectivity index (χ0) is 34.6. The Morgan fingerprint density at radius 2 is 1.25 bits per heavy atom. The molecule has 258 valence electrons. The van der Waals surface area contributed by atoms with Crippen LogP contribution in [0.2, 0.25) is 0 Å². The number of nitrogens with zero attached hydrogens (tertiary/aromatic N) is 5. The topological polar surface area (TPSA) is 84.9 Å². The number of rotatable bonds is 11. The molecule has 0 saturated carbocycles. The third-order valence-electron chi connectivity index (χ3n) is 9.81.